The minimum absolute atomic E-state index is 0.194. The first kappa shape index (κ1) is 29.5. The van der Waals surface area contributed by atoms with Crippen molar-refractivity contribution in [1.29, 1.82) is 0 Å². The van der Waals surface area contributed by atoms with E-state index in [4.69, 9.17) is 16.3 Å². The molecule has 0 saturated carbocycles. The van der Waals surface area contributed by atoms with Crippen molar-refractivity contribution >= 4 is 39.4 Å². The van der Waals surface area contributed by atoms with E-state index in [0.29, 0.717) is 29.5 Å². The van der Waals surface area contributed by atoms with Crippen LogP contribution in [0.25, 0.3) is 11.1 Å². The molecule has 2 aliphatic carbocycles. The zero-order valence-corrected chi connectivity index (χ0v) is 24.5. The Morgan fingerprint density at radius 3 is 2.30 bits per heavy atom. The van der Waals surface area contributed by atoms with Gasteiger partial charge in [0.05, 0.1) is 10.5 Å². The summed E-state index contributed by atoms with van der Waals surface area (Å²) in [5.41, 5.74) is 4.19. The lowest BCUT2D eigenvalue weighted by atomic mass is 10.0. The summed E-state index contributed by atoms with van der Waals surface area (Å²) in [4.78, 5) is 13.2. The topological polar surface area (TPSA) is 72.5 Å². The van der Waals surface area contributed by atoms with Crippen LogP contribution < -0.4 is 4.72 Å². The predicted molar refractivity (Wildman–Crippen MR) is 155 cm³/mol. The van der Waals surface area contributed by atoms with Crippen LogP contribution >= 0.6 is 23.4 Å². The lowest BCUT2D eigenvalue weighted by molar-refractivity contribution is 0.00708. The smallest absolute Gasteiger partial charge is 0.339 e. The number of rotatable bonds is 11. The molecule has 1 aromatic rings. The van der Waals surface area contributed by atoms with Crippen LogP contribution in [0.3, 0.4) is 0 Å². The van der Waals surface area contributed by atoms with E-state index in [1.165, 1.54) is 17.7 Å². The quantitative estimate of drug-likeness (QED) is 0.198. The first-order valence-electron chi connectivity index (χ1n) is 12.4. The van der Waals surface area contributed by atoms with Crippen LogP contribution in [-0.4, -0.2) is 38.5 Å². The van der Waals surface area contributed by atoms with Crippen molar-refractivity contribution in [3.63, 3.8) is 0 Å². The highest BCUT2D eigenvalue weighted by Gasteiger charge is 2.25. The van der Waals surface area contributed by atoms with Gasteiger partial charge in [-0.05, 0) is 111 Å². The maximum Gasteiger partial charge on any atom is 0.339 e. The van der Waals surface area contributed by atoms with E-state index in [0.717, 1.165) is 35.3 Å². The highest BCUT2D eigenvalue weighted by molar-refractivity contribution is 7.98. The zero-order valence-electron chi connectivity index (χ0n) is 22.1. The van der Waals surface area contributed by atoms with Gasteiger partial charge in [-0.1, -0.05) is 42.8 Å². The number of unbranched alkanes of at least 4 members (excludes halogenated alkanes) is 1. The largest absolute Gasteiger partial charge is 0.456 e. The molecule has 0 radical (unpaired) electrons. The van der Waals surface area contributed by atoms with Crippen molar-refractivity contribution in [3.05, 3.63) is 76.3 Å². The standard InChI is InChI=1S/C29H36ClNO4S2/c1-20(19-36-5)21-9-15-25-22(18-27(26(25)16-10-21)28(32)35-29(2,3)4)8-6-7-17-31-37(33,34)24-13-11-23(30)12-14-24/h9-16,18,20,31H,6-8,17,19H2,1-5H3. The number of thioether (sulfide) groups is 1. The summed E-state index contributed by atoms with van der Waals surface area (Å²) < 4.78 is 33.4. The highest BCUT2D eigenvalue weighted by Crippen LogP contribution is 2.35. The number of fused-ring (bicyclic) bond motifs is 1. The summed E-state index contributed by atoms with van der Waals surface area (Å²) in [6, 6.07) is 16.4. The molecule has 0 bridgehead atoms. The van der Waals surface area contributed by atoms with E-state index in [9.17, 15) is 13.2 Å². The molecule has 0 aromatic heterocycles. The van der Waals surface area contributed by atoms with Crippen LogP contribution in [0.4, 0.5) is 0 Å². The molecule has 0 heterocycles. The molecule has 3 rings (SSSR count). The van der Waals surface area contributed by atoms with Gasteiger partial charge in [0.1, 0.15) is 5.60 Å². The number of ether oxygens (including phenoxy) is 1. The third-order valence-electron chi connectivity index (χ3n) is 6.02. The molecule has 0 amide bonds. The molecule has 0 saturated heterocycles. The molecule has 1 aromatic carbocycles. The van der Waals surface area contributed by atoms with Gasteiger partial charge >= 0.3 is 5.97 Å². The lowest BCUT2D eigenvalue weighted by Crippen LogP contribution is -2.24. The van der Waals surface area contributed by atoms with Gasteiger partial charge in [-0.2, -0.15) is 11.8 Å². The Labute approximate surface area is 230 Å². The summed E-state index contributed by atoms with van der Waals surface area (Å²) >= 11 is 7.67. The SMILES string of the molecule is CSCC(C)c1ccc2c(CCCCNS(=O)(=O)c3ccc(Cl)cc3)cc(C(=O)OC(C)(C)C)c-2cc1. The summed E-state index contributed by atoms with van der Waals surface area (Å²) in [7, 11) is -3.58. The van der Waals surface area contributed by atoms with Gasteiger partial charge in [-0.25, -0.2) is 17.9 Å². The van der Waals surface area contributed by atoms with Gasteiger partial charge in [-0.15, -0.1) is 0 Å². The van der Waals surface area contributed by atoms with Crippen molar-refractivity contribution in [2.45, 2.75) is 63.4 Å². The van der Waals surface area contributed by atoms with E-state index in [1.54, 1.807) is 12.1 Å². The van der Waals surface area contributed by atoms with E-state index in [1.807, 2.05) is 44.7 Å². The van der Waals surface area contributed by atoms with E-state index < -0.39 is 15.6 Å². The van der Waals surface area contributed by atoms with Crippen LogP contribution in [0.1, 0.15) is 67.9 Å². The Bertz CT molecular complexity index is 1280. The second-order valence-electron chi connectivity index (χ2n) is 10.2. The van der Waals surface area contributed by atoms with Crippen molar-refractivity contribution in [1.82, 2.24) is 4.72 Å². The van der Waals surface area contributed by atoms with E-state index in [-0.39, 0.29) is 10.9 Å². The van der Waals surface area contributed by atoms with Gasteiger partial charge in [0.25, 0.3) is 0 Å². The average molecular weight is 562 g/mol. The first-order valence-corrected chi connectivity index (χ1v) is 15.7. The van der Waals surface area contributed by atoms with E-state index in [2.05, 4.69) is 36.1 Å². The number of hydrogen-bond donors (Lipinski definition) is 1. The van der Waals surface area contributed by atoms with Crippen LogP contribution in [0.15, 0.2) is 59.5 Å². The molecule has 1 N–H and O–H groups in total. The van der Waals surface area contributed by atoms with Gasteiger partial charge in [0.2, 0.25) is 10.0 Å². The number of aryl methyl sites for hydroxylation is 1. The normalized spacial score (nSPS) is 13.0. The zero-order chi connectivity index (χ0) is 27.2. The van der Waals surface area contributed by atoms with Crippen LogP contribution in [0, 0.1) is 0 Å². The van der Waals surface area contributed by atoms with Crippen molar-refractivity contribution < 1.29 is 17.9 Å². The number of halogens is 1. The molecule has 1 atom stereocenters. The number of nitrogens with one attached hydrogen (secondary N) is 1. The Morgan fingerprint density at radius 1 is 1.03 bits per heavy atom. The lowest BCUT2D eigenvalue weighted by Gasteiger charge is -2.19. The highest BCUT2D eigenvalue weighted by atomic mass is 35.5. The van der Waals surface area contributed by atoms with Crippen molar-refractivity contribution in [2.24, 2.45) is 0 Å². The van der Waals surface area contributed by atoms with Crippen LogP contribution in [0.5, 0.6) is 0 Å². The molecule has 1 unspecified atom stereocenters. The fourth-order valence-electron chi connectivity index (χ4n) is 4.17. The van der Waals surface area contributed by atoms with Crippen molar-refractivity contribution in [2.75, 3.05) is 18.6 Å². The molecule has 0 spiro atoms. The summed E-state index contributed by atoms with van der Waals surface area (Å²) in [5, 5.41) is 0.492. The Hall–Kier alpha value is -2.06. The molecular formula is C29H36ClNO4S2. The third kappa shape index (κ3) is 8.21. The van der Waals surface area contributed by atoms with Gasteiger partial charge in [-0.3, -0.25) is 0 Å². The second-order valence-corrected chi connectivity index (χ2v) is 13.4. The summed E-state index contributed by atoms with van der Waals surface area (Å²) in [6.45, 7) is 8.13. The number of carbonyl (C=O) groups is 1. The molecule has 0 fully saturated rings. The predicted octanol–water partition coefficient (Wildman–Crippen LogP) is 7.17. The molecule has 2 aliphatic rings. The molecular weight excluding hydrogens is 526 g/mol. The van der Waals surface area contributed by atoms with Gasteiger partial charge in [0.15, 0.2) is 0 Å². The second kappa shape index (κ2) is 12.7. The maximum atomic E-state index is 13.0. The minimum Gasteiger partial charge on any atom is -0.456 e. The third-order valence-corrected chi connectivity index (χ3v) is 8.59. The molecule has 8 heteroatoms. The number of benzene rings is 1. The van der Waals surface area contributed by atoms with Gasteiger partial charge < -0.3 is 4.74 Å². The number of hydrogen-bond acceptors (Lipinski definition) is 5. The summed E-state index contributed by atoms with van der Waals surface area (Å²) in [5.74, 6) is 1.09. The van der Waals surface area contributed by atoms with E-state index >= 15 is 0 Å². The number of esters is 1. The Balaban J connectivity index is 1.75. The molecule has 0 aliphatic heterocycles. The maximum absolute atomic E-state index is 13.0. The van der Waals surface area contributed by atoms with Crippen LogP contribution in [-0.2, 0) is 21.2 Å². The summed E-state index contributed by atoms with van der Waals surface area (Å²) in [6.07, 6.45) is 4.26. The molecule has 5 nitrogen and oxygen atoms in total. The molecule has 37 heavy (non-hydrogen) atoms. The molecule has 200 valence electrons. The fourth-order valence-corrected chi connectivity index (χ4v) is 6.06. The average Bonchev–Trinajstić information content (AvgIpc) is 3.00. The van der Waals surface area contributed by atoms with Crippen molar-refractivity contribution in [3.8, 4) is 11.1 Å². The number of sulfonamides is 1. The minimum atomic E-state index is -3.58. The van der Waals surface area contributed by atoms with Crippen LogP contribution in [0.2, 0.25) is 5.02 Å². The fraction of sp³-hybridized carbons (Fsp3) is 0.414. The monoisotopic (exact) mass is 561 g/mol. The van der Waals surface area contributed by atoms with Gasteiger partial charge in [0, 0.05) is 11.6 Å². The number of carbonyl (C=O) groups excluding carboxylic acids is 1. The Morgan fingerprint density at radius 2 is 1.68 bits per heavy atom. The Kier molecular flexibility index (Phi) is 10.1. The first-order chi connectivity index (χ1) is 17.4.